The molecule has 0 aromatic heterocycles. The molecule has 0 aliphatic carbocycles. The van der Waals surface area contributed by atoms with Crippen LogP contribution in [0.15, 0.2) is 48.5 Å². The molecule has 0 saturated heterocycles. The minimum Gasteiger partial charge on any atom is -0.281 e. The fourth-order valence-electron chi connectivity index (χ4n) is 2.37. The van der Waals surface area contributed by atoms with E-state index < -0.39 is 7.94 Å². The van der Waals surface area contributed by atoms with Gasteiger partial charge in [-0.05, 0) is 46.2 Å². The molecule has 4 heteroatoms. The van der Waals surface area contributed by atoms with Gasteiger partial charge in [-0.1, -0.05) is 65.8 Å². The van der Waals surface area contributed by atoms with Crippen LogP contribution in [0.25, 0.3) is 0 Å². The molecule has 0 spiro atoms. The summed E-state index contributed by atoms with van der Waals surface area (Å²) in [7, 11) is -3.64. The summed E-state index contributed by atoms with van der Waals surface area (Å²) in [4.78, 5) is 20.8. The molecule has 2 rings (SSSR count). The first-order valence-electron chi connectivity index (χ1n) is 8.15. The Hall–Kier alpha value is -1.41. The number of rotatable bonds is 3. The van der Waals surface area contributed by atoms with Crippen LogP contribution in [0, 0.1) is 0 Å². The van der Waals surface area contributed by atoms with E-state index in [9.17, 15) is 9.79 Å². The molecule has 2 aromatic carbocycles. The van der Waals surface area contributed by atoms with Crippen molar-refractivity contribution in [2.75, 3.05) is 0 Å². The first-order chi connectivity index (χ1) is 10.9. The van der Waals surface area contributed by atoms with Crippen molar-refractivity contribution < 1.29 is 14.3 Å². The Kier molecular flexibility index (Phi) is 5.11. The lowest BCUT2D eigenvalue weighted by Gasteiger charge is -2.20. The van der Waals surface area contributed by atoms with Crippen molar-refractivity contribution in [1.29, 1.82) is 0 Å². The Balaban J connectivity index is 2.18. The van der Waals surface area contributed by atoms with Gasteiger partial charge in [-0.2, -0.15) is 9.79 Å². The second-order valence-electron chi connectivity index (χ2n) is 8.21. The molecule has 3 nitrogen and oxygen atoms in total. The van der Waals surface area contributed by atoms with Crippen LogP contribution in [0.5, 0.6) is 5.75 Å². The van der Waals surface area contributed by atoms with E-state index in [1.807, 2.05) is 24.3 Å². The quantitative estimate of drug-likeness (QED) is 0.789. The van der Waals surface area contributed by atoms with Crippen LogP contribution >= 0.6 is 7.94 Å². The Morgan fingerprint density at radius 3 is 1.42 bits per heavy atom. The van der Waals surface area contributed by atoms with Crippen molar-refractivity contribution in [2.24, 2.45) is 0 Å². The highest BCUT2D eigenvalue weighted by atomic mass is 31.2. The van der Waals surface area contributed by atoms with E-state index in [0.717, 1.165) is 5.56 Å². The zero-order valence-corrected chi connectivity index (χ0v) is 16.3. The maximum absolute atomic E-state index is 10.4. The van der Waals surface area contributed by atoms with Gasteiger partial charge >= 0.3 is 7.94 Å². The minimum atomic E-state index is -3.64. The van der Waals surface area contributed by atoms with Crippen LogP contribution in [-0.2, 0) is 10.8 Å². The predicted molar refractivity (Wildman–Crippen MR) is 102 cm³/mol. The summed E-state index contributed by atoms with van der Waals surface area (Å²) in [6.07, 6.45) is 0. The van der Waals surface area contributed by atoms with Crippen molar-refractivity contribution in [3.05, 3.63) is 59.7 Å². The van der Waals surface area contributed by atoms with Gasteiger partial charge in [0.15, 0.2) is 11.1 Å². The lowest BCUT2D eigenvalue weighted by molar-refractivity contribution is 0.354. The summed E-state index contributed by atoms with van der Waals surface area (Å²) in [5.74, 6) is 0.459. The van der Waals surface area contributed by atoms with Crippen molar-refractivity contribution >= 4 is 13.2 Å². The van der Waals surface area contributed by atoms with Gasteiger partial charge in [0.2, 0.25) is 0 Å². The number of hydrogen-bond donors (Lipinski definition) is 2. The molecule has 130 valence electrons. The van der Waals surface area contributed by atoms with E-state index in [0.29, 0.717) is 11.1 Å². The monoisotopic (exact) mass is 347 g/mol. The highest BCUT2D eigenvalue weighted by molar-refractivity contribution is 7.68. The molecule has 2 N–H and O–H groups in total. The smallest absolute Gasteiger partial charge is 0.281 e. The second-order valence-corrected chi connectivity index (χ2v) is 9.99. The molecule has 0 bridgehead atoms. The van der Waals surface area contributed by atoms with Gasteiger partial charge < -0.3 is 0 Å². The molecule has 2 aromatic rings. The maximum Gasteiger partial charge on any atom is 0.487 e. The number of hydrogen-bond acceptors (Lipinski definition) is 3. The Morgan fingerprint density at radius 1 is 0.667 bits per heavy atom. The van der Waals surface area contributed by atoms with Crippen LogP contribution in [0.4, 0.5) is 0 Å². The van der Waals surface area contributed by atoms with E-state index >= 15 is 0 Å². The van der Waals surface area contributed by atoms with E-state index in [-0.39, 0.29) is 10.8 Å². The molecule has 0 radical (unpaired) electrons. The summed E-state index contributed by atoms with van der Waals surface area (Å²) < 4.78 is 5.50. The van der Waals surface area contributed by atoms with E-state index in [1.165, 1.54) is 5.56 Å². The molecule has 24 heavy (non-hydrogen) atoms. The zero-order chi connectivity index (χ0) is 18.2. The average Bonchev–Trinajstić information content (AvgIpc) is 2.46. The standard InChI is InChI=1S/C20H28O3P/c1-19(2,3)15-7-11-17(12-8-15)23-24(21,22)18-13-9-16(10-14-18)20(4,5)6/h7-14,21-22H,1-6H3/q+1. The molecule has 0 saturated carbocycles. The summed E-state index contributed by atoms with van der Waals surface area (Å²) in [5.41, 5.74) is 2.38. The Labute approximate surface area is 145 Å². The van der Waals surface area contributed by atoms with Crippen molar-refractivity contribution in [3.63, 3.8) is 0 Å². The normalized spacial score (nSPS) is 13.0. The maximum atomic E-state index is 10.4. The third kappa shape index (κ3) is 4.57. The van der Waals surface area contributed by atoms with Crippen LogP contribution < -0.4 is 9.83 Å². The highest BCUT2D eigenvalue weighted by Gasteiger charge is 2.41. The third-order valence-corrected chi connectivity index (χ3v) is 5.46. The lowest BCUT2D eigenvalue weighted by Crippen LogP contribution is -2.18. The van der Waals surface area contributed by atoms with Gasteiger partial charge in [-0.3, -0.25) is 4.52 Å². The third-order valence-electron chi connectivity index (χ3n) is 4.02. The topological polar surface area (TPSA) is 49.7 Å². The first-order valence-corrected chi connectivity index (χ1v) is 9.77. The molecule has 0 atom stereocenters. The average molecular weight is 347 g/mol. The van der Waals surface area contributed by atoms with Gasteiger partial charge in [0.1, 0.15) is 0 Å². The fraction of sp³-hybridized carbons (Fsp3) is 0.400. The summed E-state index contributed by atoms with van der Waals surface area (Å²) in [5, 5.41) is 0.412. The van der Waals surface area contributed by atoms with E-state index in [2.05, 4.69) is 41.5 Å². The predicted octanol–water partition coefficient (Wildman–Crippen LogP) is 4.73. The summed E-state index contributed by atoms with van der Waals surface area (Å²) in [6, 6.07) is 14.8. The van der Waals surface area contributed by atoms with Gasteiger partial charge in [0.25, 0.3) is 0 Å². The van der Waals surface area contributed by atoms with Crippen LogP contribution in [-0.4, -0.2) is 9.79 Å². The summed E-state index contributed by atoms with van der Waals surface area (Å²) in [6.45, 7) is 12.8. The number of benzene rings is 2. The Bertz CT molecular complexity index is 675. The van der Waals surface area contributed by atoms with Gasteiger partial charge in [-0.15, -0.1) is 0 Å². The van der Waals surface area contributed by atoms with E-state index in [4.69, 9.17) is 4.52 Å². The van der Waals surface area contributed by atoms with Gasteiger partial charge in [0.05, 0.1) is 0 Å². The molecule has 0 amide bonds. The fourth-order valence-corrected chi connectivity index (χ4v) is 3.43. The highest BCUT2D eigenvalue weighted by Crippen LogP contribution is 2.50. The first kappa shape index (κ1) is 18.9. The lowest BCUT2D eigenvalue weighted by atomic mass is 9.87. The molecular weight excluding hydrogens is 319 g/mol. The minimum absolute atomic E-state index is 0.0220. The van der Waals surface area contributed by atoms with Crippen molar-refractivity contribution in [1.82, 2.24) is 0 Å². The Morgan fingerprint density at radius 2 is 1.04 bits per heavy atom. The SMILES string of the molecule is CC(C)(C)c1ccc(O[P+](O)(O)c2ccc(C(C)(C)C)cc2)cc1. The summed E-state index contributed by atoms with van der Waals surface area (Å²) >= 11 is 0. The van der Waals surface area contributed by atoms with Crippen LogP contribution in [0.1, 0.15) is 52.7 Å². The molecule has 0 fully saturated rings. The van der Waals surface area contributed by atoms with Crippen molar-refractivity contribution in [3.8, 4) is 5.75 Å². The molecule has 0 aliphatic rings. The zero-order valence-electron chi connectivity index (χ0n) is 15.4. The van der Waals surface area contributed by atoms with Gasteiger partial charge in [0, 0.05) is 0 Å². The van der Waals surface area contributed by atoms with Crippen LogP contribution in [0.3, 0.4) is 0 Å². The molecular formula is C20H28O3P+. The molecule has 0 aliphatic heterocycles. The van der Waals surface area contributed by atoms with Crippen molar-refractivity contribution in [2.45, 2.75) is 52.4 Å². The van der Waals surface area contributed by atoms with E-state index in [1.54, 1.807) is 24.3 Å². The molecule has 0 heterocycles. The molecule has 0 unspecified atom stereocenters. The van der Waals surface area contributed by atoms with Gasteiger partial charge in [-0.25, -0.2) is 0 Å². The van der Waals surface area contributed by atoms with Crippen LogP contribution in [0.2, 0.25) is 0 Å². The second kappa shape index (κ2) is 6.48. The largest absolute Gasteiger partial charge is 0.487 e.